The van der Waals surface area contributed by atoms with Crippen LogP contribution >= 0.6 is 11.3 Å². The minimum atomic E-state index is -0.697. The molecule has 1 atom stereocenters. The first-order valence-electron chi connectivity index (χ1n) is 11.3. The van der Waals surface area contributed by atoms with Crippen molar-refractivity contribution in [1.82, 2.24) is 20.5 Å². The van der Waals surface area contributed by atoms with Crippen molar-refractivity contribution in [1.29, 1.82) is 0 Å². The standard InChI is InChI=1S/C24H27FN6O2S/c1-14-10-20(19(25)13-26-14)27-18-9-5-8-17(12-18)22(32)28-21(11-16-6-3-4-7-16)23(33)29-24-31-30-15(2)34-24/h5,8-10,12-13,16,21H,3-4,6-7,11H2,1-2H3,(H,26,27)(H,28,32)(H,29,31,33)/t21-/m0/s1. The second kappa shape index (κ2) is 10.7. The maximum absolute atomic E-state index is 14.1. The van der Waals surface area contributed by atoms with Crippen molar-refractivity contribution in [2.75, 3.05) is 10.6 Å². The van der Waals surface area contributed by atoms with Crippen LogP contribution in [0.15, 0.2) is 36.5 Å². The topological polar surface area (TPSA) is 109 Å². The largest absolute Gasteiger partial charge is 0.353 e. The Hall–Kier alpha value is -3.40. The van der Waals surface area contributed by atoms with E-state index in [-0.39, 0.29) is 17.5 Å². The van der Waals surface area contributed by atoms with Gasteiger partial charge >= 0.3 is 0 Å². The lowest BCUT2D eigenvalue weighted by Crippen LogP contribution is -2.44. The van der Waals surface area contributed by atoms with Crippen molar-refractivity contribution in [3.8, 4) is 0 Å². The second-order valence-corrected chi connectivity index (χ2v) is 9.72. The molecule has 8 nitrogen and oxygen atoms in total. The molecule has 10 heteroatoms. The van der Waals surface area contributed by atoms with E-state index in [1.807, 2.05) is 6.92 Å². The molecule has 2 amide bonds. The monoisotopic (exact) mass is 482 g/mol. The van der Waals surface area contributed by atoms with Crippen LogP contribution in [0.4, 0.5) is 20.9 Å². The minimum absolute atomic E-state index is 0.274. The lowest BCUT2D eigenvalue weighted by molar-refractivity contribution is -0.118. The molecule has 178 valence electrons. The number of halogens is 1. The predicted molar refractivity (Wildman–Crippen MR) is 130 cm³/mol. The Balaban J connectivity index is 1.48. The van der Waals surface area contributed by atoms with Crippen LogP contribution in [0.1, 0.15) is 53.2 Å². The van der Waals surface area contributed by atoms with Crippen molar-refractivity contribution in [3.63, 3.8) is 0 Å². The van der Waals surface area contributed by atoms with Crippen LogP contribution in [0, 0.1) is 25.6 Å². The number of carbonyl (C=O) groups excluding carboxylic acids is 2. The second-order valence-electron chi connectivity index (χ2n) is 8.54. The number of aryl methyl sites for hydroxylation is 2. The molecule has 2 aromatic heterocycles. The Labute approximate surface area is 201 Å². The van der Waals surface area contributed by atoms with Gasteiger partial charge in [0.05, 0.1) is 11.9 Å². The van der Waals surface area contributed by atoms with Crippen LogP contribution < -0.4 is 16.0 Å². The fourth-order valence-corrected chi connectivity index (χ4v) is 4.72. The Morgan fingerprint density at radius 3 is 2.71 bits per heavy atom. The smallest absolute Gasteiger partial charge is 0.252 e. The number of aromatic nitrogens is 3. The van der Waals surface area contributed by atoms with E-state index in [4.69, 9.17) is 0 Å². The van der Waals surface area contributed by atoms with Gasteiger partial charge in [-0.1, -0.05) is 43.1 Å². The molecule has 2 heterocycles. The van der Waals surface area contributed by atoms with E-state index in [1.165, 1.54) is 11.3 Å². The molecular weight excluding hydrogens is 455 g/mol. The highest BCUT2D eigenvalue weighted by Gasteiger charge is 2.27. The van der Waals surface area contributed by atoms with Gasteiger partial charge in [-0.25, -0.2) is 4.39 Å². The quantitative estimate of drug-likeness (QED) is 0.428. The van der Waals surface area contributed by atoms with E-state index in [9.17, 15) is 14.0 Å². The average Bonchev–Trinajstić information content (AvgIpc) is 3.47. The van der Waals surface area contributed by atoms with Crippen molar-refractivity contribution in [2.45, 2.75) is 52.0 Å². The molecular formula is C24H27FN6O2S. The number of amides is 2. The number of anilines is 3. The highest BCUT2D eigenvalue weighted by Crippen LogP contribution is 2.29. The number of nitrogens with zero attached hydrogens (tertiary/aromatic N) is 3. The number of pyridine rings is 1. The van der Waals surface area contributed by atoms with Crippen molar-refractivity contribution in [3.05, 3.63) is 58.6 Å². The maximum Gasteiger partial charge on any atom is 0.252 e. The van der Waals surface area contributed by atoms with Crippen LogP contribution in [0.25, 0.3) is 0 Å². The Morgan fingerprint density at radius 1 is 1.18 bits per heavy atom. The first-order valence-corrected chi connectivity index (χ1v) is 12.1. The zero-order valence-corrected chi connectivity index (χ0v) is 19.9. The summed E-state index contributed by atoms with van der Waals surface area (Å²) in [5.74, 6) is -0.777. The third-order valence-electron chi connectivity index (χ3n) is 5.82. The summed E-state index contributed by atoms with van der Waals surface area (Å²) in [6, 6.07) is 7.64. The lowest BCUT2D eigenvalue weighted by Gasteiger charge is -2.21. The van der Waals surface area contributed by atoms with Gasteiger partial charge in [-0.2, -0.15) is 0 Å². The highest BCUT2D eigenvalue weighted by atomic mass is 32.1. The molecule has 1 fully saturated rings. The predicted octanol–water partition coefficient (Wildman–Crippen LogP) is 4.75. The molecule has 4 rings (SSSR count). The van der Waals surface area contributed by atoms with E-state index >= 15 is 0 Å². The van der Waals surface area contributed by atoms with E-state index in [0.717, 1.165) is 36.9 Å². The third-order valence-corrected chi connectivity index (χ3v) is 6.57. The van der Waals surface area contributed by atoms with Crippen LogP contribution in [-0.4, -0.2) is 33.0 Å². The number of carbonyl (C=O) groups is 2. The molecule has 0 unspecified atom stereocenters. The minimum Gasteiger partial charge on any atom is -0.353 e. The van der Waals surface area contributed by atoms with Gasteiger partial charge in [0.15, 0.2) is 5.82 Å². The normalized spacial score (nSPS) is 14.6. The molecule has 0 spiro atoms. The highest BCUT2D eigenvalue weighted by molar-refractivity contribution is 7.15. The number of benzene rings is 1. The van der Waals surface area contributed by atoms with E-state index in [1.54, 1.807) is 37.3 Å². The molecule has 1 aromatic carbocycles. The van der Waals surface area contributed by atoms with Crippen LogP contribution in [0.3, 0.4) is 0 Å². The van der Waals surface area contributed by atoms with Gasteiger partial charge < -0.3 is 10.6 Å². The fraction of sp³-hybridized carbons (Fsp3) is 0.375. The van der Waals surface area contributed by atoms with E-state index in [0.29, 0.717) is 34.4 Å². The zero-order chi connectivity index (χ0) is 24.1. The average molecular weight is 483 g/mol. The van der Waals surface area contributed by atoms with Crippen molar-refractivity contribution < 1.29 is 14.0 Å². The SMILES string of the molecule is Cc1cc(Nc2cccc(C(=O)N[C@@H](CC3CCCC3)C(=O)Nc3nnc(C)s3)c2)c(F)cn1. The summed E-state index contributed by atoms with van der Waals surface area (Å²) >= 11 is 1.29. The summed E-state index contributed by atoms with van der Waals surface area (Å²) in [4.78, 5) is 30.0. The summed E-state index contributed by atoms with van der Waals surface area (Å²) in [6.07, 6.45) is 6.10. The Kier molecular flexibility index (Phi) is 7.46. The molecule has 0 bridgehead atoms. The summed E-state index contributed by atoms with van der Waals surface area (Å²) in [7, 11) is 0. The maximum atomic E-state index is 14.1. The Morgan fingerprint density at radius 2 is 1.97 bits per heavy atom. The van der Waals surface area contributed by atoms with Crippen LogP contribution in [0.5, 0.6) is 0 Å². The molecule has 0 saturated heterocycles. The van der Waals surface area contributed by atoms with E-state index in [2.05, 4.69) is 31.1 Å². The molecule has 34 heavy (non-hydrogen) atoms. The van der Waals surface area contributed by atoms with Crippen LogP contribution in [0.2, 0.25) is 0 Å². The molecule has 3 N–H and O–H groups in total. The summed E-state index contributed by atoms with van der Waals surface area (Å²) < 4.78 is 14.1. The number of nitrogens with one attached hydrogen (secondary N) is 3. The molecule has 0 aliphatic heterocycles. The van der Waals surface area contributed by atoms with Gasteiger partial charge in [-0.3, -0.25) is 19.9 Å². The van der Waals surface area contributed by atoms with Gasteiger partial charge in [-0.15, -0.1) is 10.2 Å². The lowest BCUT2D eigenvalue weighted by atomic mass is 9.97. The van der Waals surface area contributed by atoms with Gasteiger partial charge in [0, 0.05) is 16.9 Å². The van der Waals surface area contributed by atoms with Gasteiger partial charge in [0.2, 0.25) is 11.0 Å². The molecule has 1 aliphatic rings. The summed E-state index contributed by atoms with van der Waals surface area (Å²) in [6.45, 7) is 3.58. The van der Waals surface area contributed by atoms with Crippen molar-refractivity contribution >= 4 is 39.7 Å². The first kappa shape index (κ1) is 23.7. The fourth-order valence-electron chi connectivity index (χ4n) is 4.12. The molecule has 1 aliphatic carbocycles. The third kappa shape index (κ3) is 6.13. The Bertz CT molecular complexity index is 1180. The van der Waals surface area contributed by atoms with E-state index < -0.39 is 11.9 Å². The molecule has 3 aromatic rings. The summed E-state index contributed by atoms with van der Waals surface area (Å²) in [5.41, 5.74) is 1.87. The number of hydrogen-bond donors (Lipinski definition) is 3. The number of rotatable bonds is 8. The van der Waals surface area contributed by atoms with Gasteiger partial charge in [-0.05, 0) is 50.5 Å². The number of hydrogen-bond acceptors (Lipinski definition) is 7. The van der Waals surface area contributed by atoms with Crippen molar-refractivity contribution in [2.24, 2.45) is 5.92 Å². The van der Waals surface area contributed by atoms with Gasteiger partial charge in [0.25, 0.3) is 5.91 Å². The first-order chi connectivity index (χ1) is 16.4. The molecule has 0 radical (unpaired) electrons. The van der Waals surface area contributed by atoms with Gasteiger partial charge in [0.1, 0.15) is 11.0 Å². The van der Waals surface area contributed by atoms with Crippen LogP contribution in [-0.2, 0) is 4.79 Å². The zero-order valence-electron chi connectivity index (χ0n) is 19.1. The summed E-state index contributed by atoms with van der Waals surface area (Å²) in [5, 5.41) is 17.7. The molecule has 1 saturated carbocycles.